The van der Waals surface area contributed by atoms with Gasteiger partial charge in [-0.25, -0.2) is 0 Å². The van der Waals surface area contributed by atoms with Crippen LogP contribution >= 0.6 is 34.9 Å². The third kappa shape index (κ3) is 4.10. The molecule has 1 aliphatic rings. The van der Waals surface area contributed by atoms with E-state index >= 15 is 0 Å². The Morgan fingerprint density at radius 3 is 2.96 bits per heavy atom. The third-order valence-corrected chi connectivity index (χ3v) is 5.99. The molecule has 24 heavy (non-hydrogen) atoms. The summed E-state index contributed by atoms with van der Waals surface area (Å²) >= 11 is 8.37. The maximum absolute atomic E-state index is 12.4. The third-order valence-electron chi connectivity index (χ3n) is 3.87. The van der Waals surface area contributed by atoms with Crippen molar-refractivity contribution in [2.45, 2.75) is 6.67 Å². The first-order valence-corrected chi connectivity index (χ1v) is 9.87. The number of piperazine rings is 1. The van der Waals surface area contributed by atoms with E-state index in [-0.39, 0.29) is 5.91 Å². The van der Waals surface area contributed by atoms with Crippen molar-refractivity contribution in [2.75, 3.05) is 38.0 Å². The van der Waals surface area contributed by atoms with Gasteiger partial charge in [0.2, 0.25) is 5.13 Å². The fourth-order valence-electron chi connectivity index (χ4n) is 2.59. The van der Waals surface area contributed by atoms with Gasteiger partial charge >= 0.3 is 0 Å². The van der Waals surface area contributed by atoms with Crippen LogP contribution in [0.5, 0.6) is 0 Å². The fourth-order valence-corrected chi connectivity index (χ4v) is 4.29. The molecule has 128 valence electrons. The number of carbonyl (C=O) groups is 1. The quantitative estimate of drug-likeness (QED) is 0.585. The second-order valence-corrected chi connectivity index (χ2v) is 8.09. The van der Waals surface area contributed by atoms with Crippen molar-refractivity contribution in [1.82, 2.24) is 14.7 Å². The minimum Gasteiger partial charge on any atom is -0.357 e. The lowest BCUT2D eigenvalue weighted by Gasteiger charge is -2.31. The van der Waals surface area contributed by atoms with Crippen molar-refractivity contribution in [3.8, 4) is 0 Å². The number of amides is 1. The number of quaternary nitrogens is 1. The van der Waals surface area contributed by atoms with Crippen LogP contribution in [0.15, 0.2) is 30.2 Å². The number of nitrogens with one attached hydrogen (secondary N) is 2. The fraction of sp³-hybridized carbons (Fsp3) is 0.400. The summed E-state index contributed by atoms with van der Waals surface area (Å²) in [6.07, 6.45) is 1.80. The van der Waals surface area contributed by atoms with Crippen LogP contribution in [0, 0.1) is 3.95 Å². The highest BCUT2D eigenvalue weighted by Gasteiger charge is 2.25. The van der Waals surface area contributed by atoms with Crippen LogP contribution in [0.25, 0.3) is 0 Å². The Morgan fingerprint density at radius 2 is 2.29 bits per heavy atom. The van der Waals surface area contributed by atoms with Gasteiger partial charge in [0.25, 0.3) is 5.91 Å². The van der Waals surface area contributed by atoms with Gasteiger partial charge in [0.05, 0.1) is 31.1 Å². The molecule has 0 unspecified atom stereocenters. The van der Waals surface area contributed by atoms with Crippen LogP contribution in [-0.4, -0.2) is 53.3 Å². The minimum atomic E-state index is 0.144. The summed E-state index contributed by atoms with van der Waals surface area (Å²) in [5.41, 5.74) is 0. The van der Waals surface area contributed by atoms with Gasteiger partial charge in [0, 0.05) is 6.54 Å². The molecule has 2 N–H and O–H groups in total. The Hall–Kier alpha value is -1.55. The molecule has 3 heterocycles. The normalized spacial score (nSPS) is 15.4. The average Bonchev–Trinajstić information content (AvgIpc) is 3.24. The van der Waals surface area contributed by atoms with Crippen molar-refractivity contribution >= 4 is 45.9 Å². The second kappa shape index (κ2) is 8.02. The van der Waals surface area contributed by atoms with Crippen LogP contribution < -0.4 is 10.2 Å². The monoisotopic (exact) mass is 382 g/mol. The molecule has 1 saturated heterocycles. The van der Waals surface area contributed by atoms with E-state index in [1.807, 2.05) is 27.1 Å². The minimum absolute atomic E-state index is 0.144. The summed E-state index contributed by atoms with van der Waals surface area (Å²) in [6, 6.07) is 3.81. The number of hydrogen-bond acceptors (Lipinski definition) is 6. The maximum atomic E-state index is 12.4. The van der Waals surface area contributed by atoms with Gasteiger partial charge in [0.15, 0.2) is 10.6 Å². The van der Waals surface area contributed by atoms with E-state index in [1.54, 1.807) is 6.08 Å². The SMILES string of the molecule is C=CCNc1nn(C[NH+]2CCN(C(=O)c3cccs3)CC2)c(=S)s1. The zero-order valence-electron chi connectivity index (χ0n) is 13.2. The molecule has 2 aromatic rings. The molecular weight excluding hydrogens is 362 g/mol. The Balaban J connectivity index is 1.54. The Kier molecular flexibility index (Phi) is 5.77. The van der Waals surface area contributed by atoms with E-state index in [0.29, 0.717) is 6.54 Å². The van der Waals surface area contributed by atoms with Crippen molar-refractivity contribution in [2.24, 2.45) is 0 Å². The summed E-state index contributed by atoms with van der Waals surface area (Å²) in [6.45, 7) is 8.46. The van der Waals surface area contributed by atoms with E-state index in [9.17, 15) is 4.79 Å². The molecule has 2 aromatic heterocycles. The summed E-state index contributed by atoms with van der Waals surface area (Å²) < 4.78 is 2.64. The Morgan fingerprint density at radius 1 is 1.50 bits per heavy atom. The predicted octanol–water partition coefficient (Wildman–Crippen LogP) is 1.33. The van der Waals surface area contributed by atoms with E-state index < -0.39 is 0 Å². The Labute approximate surface area is 154 Å². The molecule has 0 atom stereocenters. The topological polar surface area (TPSA) is 54.6 Å². The molecule has 1 amide bonds. The van der Waals surface area contributed by atoms with Crippen molar-refractivity contribution < 1.29 is 9.69 Å². The molecule has 3 rings (SSSR count). The molecule has 6 nitrogen and oxygen atoms in total. The van der Waals surface area contributed by atoms with E-state index in [2.05, 4.69) is 17.0 Å². The van der Waals surface area contributed by atoms with Crippen LogP contribution in [0.3, 0.4) is 0 Å². The first kappa shape index (κ1) is 17.3. The molecule has 0 bridgehead atoms. The molecule has 9 heteroatoms. The molecule has 0 aromatic carbocycles. The predicted molar refractivity (Wildman–Crippen MR) is 101 cm³/mol. The second-order valence-electron chi connectivity index (χ2n) is 5.52. The summed E-state index contributed by atoms with van der Waals surface area (Å²) in [5.74, 6) is 0.144. The van der Waals surface area contributed by atoms with Gasteiger partial charge < -0.3 is 15.1 Å². The molecule has 0 radical (unpaired) electrons. The first-order valence-electron chi connectivity index (χ1n) is 7.76. The zero-order valence-corrected chi connectivity index (χ0v) is 15.7. The number of anilines is 1. The van der Waals surface area contributed by atoms with Gasteiger partial charge in [-0.2, -0.15) is 4.68 Å². The highest BCUT2D eigenvalue weighted by molar-refractivity contribution is 7.73. The molecule has 1 fully saturated rings. The van der Waals surface area contributed by atoms with Gasteiger partial charge in [-0.1, -0.05) is 23.5 Å². The molecule has 1 aliphatic heterocycles. The summed E-state index contributed by atoms with van der Waals surface area (Å²) in [5, 5.41) is 10.4. The summed E-state index contributed by atoms with van der Waals surface area (Å²) in [4.78, 5) is 16.5. The van der Waals surface area contributed by atoms with Crippen molar-refractivity contribution in [3.63, 3.8) is 0 Å². The van der Waals surface area contributed by atoms with Gasteiger partial charge in [-0.3, -0.25) is 4.79 Å². The van der Waals surface area contributed by atoms with Gasteiger partial charge in [-0.15, -0.1) is 23.0 Å². The van der Waals surface area contributed by atoms with Crippen LogP contribution in [-0.2, 0) is 6.67 Å². The molecule has 0 aliphatic carbocycles. The lowest BCUT2D eigenvalue weighted by Crippen LogP contribution is -3.14. The lowest BCUT2D eigenvalue weighted by molar-refractivity contribution is -0.927. The number of thiophene rings is 1. The highest BCUT2D eigenvalue weighted by Crippen LogP contribution is 2.14. The van der Waals surface area contributed by atoms with E-state index in [1.165, 1.54) is 27.6 Å². The smallest absolute Gasteiger partial charge is 0.264 e. The molecular formula is C15H20N5OS3+. The first-order chi connectivity index (χ1) is 11.7. The van der Waals surface area contributed by atoms with Gasteiger partial charge in [-0.05, 0) is 23.7 Å². The van der Waals surface area contributed by atoms with Crippen LogP contribution in [0.1, 0.15) is 9.67 Å². The van der Waals surface area contributed by atoms with Crippen LogP contribution in [0.4, 0.5) is 5.13 Å². The number of carbonyl (C=O) groups excluding carboxylic acids is 1. The van der Waals surface area contributed by atoms with E-state index in [0.717, 1.165) is 46.8 Å². The number of hydrogen-bond donors (Lipinski definition) is 2. The highest BCUT2D eigenvalue weighted by atomic mass is 32.1. The molecule has 0 spiro atoms. The number of aromatic nitrogens is 2. The number of rotatable bonds is 6. The maximum Gasteiger partial charge on any atom is 0.264 e. The van der Waals surface area contributed by atoms with Gasteiger partial charge in [0.1, 0.15) is 0 Å². The van der Waals surface area contributed by atoms with Crippen molar-refractivity contribution in [3.05, 3.63) is 39.0 Å². The lowest BCUT2D eigenvalue weighted by atomic mass is 10.3. The standard InChI is InChI=1S/C15H19N5OS3/c1-2-5-16-14-17-20(15(22)24-14)11-18-6-8-19(9-7-18)13(21)12-4-3-10-23-12/h2-4,10H,1,5-9,11H2,(H,16,17)/p+1. The Bertz CT molecular complexity index is 744. The van der Waals surface area contributed by atoms with Crippen molar-refractivity contribution in [1.29, 1.82) is 0 Å². The zero-order chi connectivity index (χ0) is 16.9. The number of nitrogens with zero attached hydrogens (tertiary/aromatic N) is 3. The van der Waals surface area contributed by atoms with E-state index in [4.69, 9.17) is 12.2 Å². The largest absolute Gasteiger partial charge is 0.357 e. The summed E-state index contributed by atoms with van der Waals surface area (Å²) in [7, 11) is 0. The average molecular weight is 383 g/mol. The molecule has 0 saturated carbocycles. The van der Waals surface area contributed by atoms with Crippen LogP contribution in [0.2, 0.25) is 0 Å².